The van der Waals surface area contributed by atoms with Gasteiger partial charge in [-0.05, 0) is 90.7 Å². The molecule has 0 radical (unpaired) electrons. The first-order valence-corrected chi connectivity index (χ1v) is 12.2. The van der Waals surface area contributed by atoms with Crippen molar-refractivity contribution in [3.8, 4) is 5.75 Å². The van der Waals surface area contributed by atoms with Crippen LogP contribution in [0.25, 0.3) is 10.9 Å². The summed E-state index contributed by atoms with van der Waals surface area (Å²) in [6.07, 6.45) is 3.47. The average Bonchev–Trinajstić information content (AvgIpc) is 3.20. The molecule has 5 nitrogen and oxygen atoms in total. The molecule has 0 saturated carbocycles. The zero-order chi connectivity index (χ0) is 25.8. The minimum Gasteiger partial charge on any atom is -0.489 e. The van der Waals surface area contributed by atoms with E-state index in [1.54, 1.807) is 18.5 Å². The van der Waals surface area contributed by atoms with Crippen LogP contribution in [0.2, 0.25) is 0 Å². The normalized spacial score (nSPS) is 11.0. The standard InChI is InChI=1S/C31H28FN3O2/c1-21-22(2)34-30-11-8-26(17-29(21)30)31(36)35(19-24-12-14-33-15-13-24)18-23-6-9-28(10-7-23)37-20-25-4-3-5-27(32)16-25/h3-17,34H,18-20H2,1-2H3. The maximum Gasteiger partial charge on any atom is 0.254 e. The Hall–Kier alpha value is -4.45. The lowest BCUT2D eigenvalue weighted by Crippen LogP contribution is -2.30. The molecule has 2 heterocycles. The fourth-order valence-electron chi connectivity index (χ4n) is 4.39. The highest BCUT2D eigenvalue weighted by atomic mass is 19.1. The molecule has 0 fully saturated rings. The van der Waals surface area contributed by atoms with Crippen LogP contribution in [0.3, 0.4) is 0 Å². The van der Waals surface area contributed by atoms with E-state index in [0.29, 0.717) is 24.4 Å². The van der Waals surface area contributed by atoms with E-state index < -0.39 is 0 Å². The number of amides is 1. The first kappa shape index (κ1) is 24.3. The number of hydrogen-bond donors (Lipinski definition) is 1. The van der Waals surface area contributed by atoms with Crippen LogP contribution < -0.4 is 4.74 Å². The highest BCUT2D eigenvalue weighted by Gasteiger charge is 2.18. The number of aromatic amines is 1. The topological polar surface area (TPSA) is 58.2 Å². The molecule has 0 atom stereocenters. The van der Waals surface area contributed by atoms with Crippen LogP contribution in [0.5, 0.6) is 5.75 Å². The van der Waals surface area contributed by atoms with Gasteiger partial charge in [0.25, 0.3) is 5.91 Å². The second-order valence-corrected chi connectivity index (χ2v) is 9.21. The zero-order valence-corrected chi connectivity index (χ0v) is 20.9. The fraction of sp³-hybridized carbons (Fsp3) is 0.161. The Morgan fingerprint density at radius 3 is 2.35 bits per heavy atom. The van der Waals surface area contributed by atoms with Gasteiger partial charge in [-0.25, -0.2) is 4.39 Å². The van der Waals surface area contributed by atoms with Gasteiger partial charge in [0, 0.05) is 47.6 Å². The summed E-state index contributed by atoms with van der Waals surface area (Å²) in [5.41, 5.74) is 6.69. The van der Waals surface area contributed by atoms with Gasteiger partial charge in [0.05, 0.1) is 0 Å². The Morgan fingerprint density at radius 2 is 1.62 bits per heavy atom. The van der Waals surface area contributed by atoms with Crippen LogP contribution in [0.4, 0.5) is 4.39 Å². The average molecular weight is 494 g/mol. The second-order valence-electron chi connectivity index (χ2n) is 9.21. The van der Waals surface area contributed by atoms with Gasteiger partial charge in [-0.1, -0.05) is 24.3 Å². The number of fused-ring (bicyclic) bond motifs is 1. The molecule has 2 aromatic heterocycles. The van der Waals surface area contributed by atoms with Crippen molar-refractivity contribution in [2.75, 3.05) is 0 Å². The molecule has 5 rings (SSSR count). The number of H-pyrrole nitrogens is 1. The molecular weight excluding hydrogens is 465 g/mol. The minimum absolute atomic E-state index is 0.0385. The van der Waals surface area contributed by atoms with E-state index in [2.05, 4.69) is 16.9 Å². The van der Waals surface area contributed by atoms with Crippen LogP contribution in [0, 0.1) is 19.7 Å². The Labute approximate surface area is 215 Å². The van der Waals surface area contributed by atoms with E-state index in [0.717, 1.165) is 38.9 Å². The summed E-state index contributed by atoms with van der Waals surface area (Å²) in [4.78, 5) is 23.0. The van der Waals surface area contributed by atoms with Crippen molar-refractivity contribution in [3.63, 3.8) is 0 Å². The summed E-state index contributed by atoms with van der Waals surface area (Å²) in [5.74, 6) is 0.364. The van der Waals surface area contributed by atoms with Crippen LogP contribution >= 0.6 is 0 Å². The van der Waals surface area contributed by atoms with Gasteiger partial charge in [0.15, 0.2) is 0 Å². The number of aryl methyl sites for hydroxylation is 2. The monoisotopic (exact) mass is 493 g/mol. The first-order chi connectivity index (χ1) is 18.0. The van der Waals surface area contributed by atoms with E-state index in [1.807, 2.05) is 72.5 Å². The largest absolute Gasteiger partial charge is 0.489 e. The van der Waals surface area contributed by atoms with Crippen molar-refractivity contribution in [2.45, 2.75) is 33.5 Å². The molecule has 3 aromatic carbocycles. The number of nitrogens with one attached hydrogen (secondary N) is 1. The number of hydrogen-bond acceptors (Lipinski definition) is 3. The smallest absolute Gasteiger partial charge is 0.254 e. The van der Waals surface area contributed by atoms with Gasteiger partial charge in [-0.15, -0.1) is 0 Å². The molecule has 0 unspecified atom stereocenters. The quantitative estimate of drug-likeness (QED) is 0.260. The number of pyridine rings is 1. The summed E-state index contributed by atoms with van der Waals surface area (Å²) in [6.45, 7) is 5.29. The lowest BCUT2D eigenvalue weighted by atomic mass is 10.1. The van der Waals surface area contributed by atoms with Crippen molar-refractivity contribution < 1.29 is 13.9 Å². The van der Waals surface area contributed by atoms with Gasteiger partial charge in [0.2, 0.25) is 0 Å². The molecule has 5 aromatic rings. The third-order valence-electron chi connectivity index (χ3n) is 6.56. The summed E-state index contributed by atoms with van der Waals surface area (Å²) in [7, 11) is 0. The van der Waals surface area contributed by atoms with E-state index >= 15 is 0 Å². The maximum atomic E-state index is 13.7. The number of rotatable bonds is 8. The van der Waals surface area contributed by atoms with Crippen molar-refractivity contribution in [1.29, 1.82) is 0 Å². The summed E-state index contributed by atoms with van der Waals surface area (Å²) < 4.78 is 19.2. The summed E-state index contributed by atoms with van der Waals surface area (Å²) in [5, 5.41) is 1.06. The molecule has 37 heavy (non-hydrogen) atoms. The molecule has 1 N–H and O–H groups in total. The number of carbonyl (C=O) groups excluding carboxylic acids is 1. The van der Waals surface area contributed by atoms with Crippen LogP contribution in [-0.2, 0) is 19.7 Å². The molecule has 186 valence electrons. The molecule has 0 aliphatic carbocycles. The maximum absolute atomic E-state index is 13.7. The molecular formula is C31H28FN3O2. The lowest BCUT2D eigenvalue weighted by Gasteiger charge is -2.23. The molecule has 1 amide bonds. The van der Waals surface area contributed by atoms with Crippen molar-refractivity contribution >= 4 is 16.8 Å². The summed E-state index contributed by atoms with van der Waals surface area (Å²) in [6, 6.07) is 23.7. The molecule has 0 saturated heterocycles. The number of carbonyl (C=O) groups is 1. The Morgan fingerprint density at radius 1 is 0.892 bits per heavy atom. The Balaban J connectivity index is 1.35. The van der Waals surface area contributed by atoms with Crippen LogP contribution in [-0.4, -0.2) is 20.8 Å². The Bertz CT molecular complexity index is 1530. The lowest BCUT2D eigenvalue weighted by molar-refractivity contribution is 0.0730. The number of ether oxygens (including phenoxy) is 1. The zero-order valence-electron chi connectivity index (χ0n) is 20.9. The van der Waals surface area contributed by atoms with Gasteiger partial charge in [-0.2, -0.15) is 0 Å². The van der Waals surface area contributed by atoms with E-state index in [1.165, 1.54) is 12.1 Å². The van der Waals surface area contributed by atoms with Crippen molar-refractivity contribution in [2.24, 2.45) is 0 Å². The Kier molecular flexibility index (Phi) is 6.99. The van der Waals surface area contributed by atoms with Gasteiger partial charge < -0.3 is 14.6 Å². The number of benzene rings is 3. The molecule has 0 aliphatic rings. The fourth-order valence-corrected chi connectivity index (χ4v) is 4.39. The van der Waals surface area contributed by atoms with E-state index in [4.69, 9.17) is 4.74 Å². The predicted octanol–water partition coefficient (Wildman–Crippen LogP) is 6.74. The highest BCUT2D eigenvalue weighted by molar-refractivity contribution is 5.99. The third kappa shape index (κ3) is 5.70. The van der Waals surface area contributed by atoms with Crippen LogP contribution in [0.15, 0.2) is 91.3 Å². The molecule has 0 bridgehead atoms. The molecule has 0 spiro atoms. The number of halogens is 1. The molecule has 6 heteroatoms. The highest BCUT2D eigenvalue weighted by Crippen LogP contribution is 2.24. The van der Waals surface area contributed by atoms with Gasteiger partial charge >= 0.3 is 0 Å². The second kappa shape index (κ2) is 10.7. The van der Waals surface area contributed by atoms with Crippen molar-refractivity contribution in [1.82, 2.24) is 14.9 Å². The third-order valence-corrected chi connectivity index (χ3v) is 6.56. The predicted molar refractivity (Wildman–Crippen MR) is 143 cm³/mol. The minimum atomic E-state index is -0.281. The van der Waals surface area contributed by atoms with E-state index in [9.17, 15) is 9.18 Å². The number of aromatic nitrogens is 2. The van der Waals surface area contributed by atoms with Gasteiger partial charge in [-0.3, -0.25) is 9.78 Å². The molecule has 0 aliphatic heterocycles. The first-order valence-electron chi connectivity index (χ1n) is 12.2. The van der Waals surface area contributed by atoms with Crippen molar-refractivity contribution in [3.05, 3.63) is 131 Å². The van der Waals surface area contributed by atoms with Crippen LogP contribution in [0.1, 0.15) is 38.3 Å². The summed E-state index contributed by atoms with van der Waals surface area (Å²) >= 11 is 0. The SMILES string of the molecule is Cc1[nH]c2ccc(C(=O)N(Cc3ccncc3)Cc3ccc(OCc4cccc(F)c4)cc3)cc2c1C. The van der Waals surface area contributed by atoms with Gasteiger partial charge in [0.1, 0.15) is 18.2 Å². The number of nitrogens with zero attached hydrogens (tertiary/aromatic N) is 2. The van der Waals surface area contributed by atoms with E-state index in [-0.39, 0.29) is 18.3 Å².